The van der Waals surface area contributed by atoms with Gasteiger partial charge in [0.1, 0.15) is 11.1 Å². The first kappa shape index (κ1) is 21.1. The fourth-order valence-electron chi connectivity index (χ4n) is 5.60. The molecule has 0 amide bonds. The fourth-order valence-corrected chi connectivity index (χ4v) is 6.58. The van der Waals surface area contributed by atoms with Gasteiger partial charge in [-0.1, -0.05) is 32.4 Å². The number of thiazole rings is 1. The molecule has 5 atom stereocenters. The van der Waals surface area contributed by atoms with Crippen LogP contribution in [0, 0.1) is 23.7 Å². The number of allylic oxidation sites excluding steroid dienone is 1. The number of aliphatic hydroxyl groups excluding tert-OH is 1. The number of carbonyl (C=O) groups is 1. The van der Waals surface area contributed by atoms with Gasteiger partial charge in [-0.05, 0) is 56.3 Å². The zero-order chi connectivity index (χ0) is 21.5. The molecule has 2 aliphatic heterocycles. The number of hydrogen-bond acceptors (Lipinski definition) is 6. The van der Waals surface area contributed by atoms with Crippen molar-refractivity contribution < 1.29 is 14.6 Å². The van der Waals surface area contributed by atoms with Gasteiger partial charge in [0.15, 0.2) is 5.78 Å². The second kappa shape index (κ2) is 8.64. The average Bonchev–Trinajstić information content (AvgIpc) is 3.21. The predicted molar refractivity (Wildman–Crippen MR) is 124 cm³/mol. The molecule has 0 spiro atoms. The second-order valence-electron chi connectivity index (χ2n) is 9.63. The molecule has 31 heavy (non-hydrogen) atoms. The average molecular weight is 441 g/mol. The van der Waals surface area contributed by atoms with Gasteiger partial charge in [-0.25, -0.2) is 4.98 Å². The Hall–Kier alpha value is -1.76. The molecule has 2 aromatic rings. The lowest BCUT2D eigenvalue weighted by Crippen LogP contribution is -2.55. The molecule has 5 nitrogen and oxygen atoms in total. The number of likely N-dealkylation sites (tertiary alicyclic amines) is 1. The summed E-state index contributed by atoms with van der Waals surface area (Å²) in [6, 6.07) is 7.98. The molecule has 1 aromatic carbocycles. The van der Waals surface area contributed by atoms with E-state index in [4.69, 9.17) is 9.72 Å². The molecule has 3 heterocycles. The number of ether oxygens (including phenoxy) is 1. The zero-order valence-corrected chi connectivity index (χ0v) is 19.2. The normalized spacial score (nSPS) is 32.5. The maximum Gasteiger partial charge on any atom is 0.175 e. The summed E-state index contributed by atoms with van der Waals surface area (Å²) >= 11 is 1.55. The number of rotatable bonds is 4. The van der Waals surface area contributed by atoms with Crippen LogP contribution in [0.2, 0.25) is 0 Å². The van der Waals surface area contributed by atoms with Crippen LogP contribution in [0.3, 0.4) is 0 Å². The number of aromatic nitrogens is 1. The van der Waals surface area contributed by atoms with Crippen molar-refractivity contribution in [2.75, 3.05) is 19.6 Å². The maximum atomic E-state index is 13.6. The molecule has 1 aromatic heterocycles. The van der Waals surface area contributed by atoms with Crippen molar-refractivity contribution in [2.45, 2.75) is 51.7 Å². The smallest absolute Gasteiger partial charge is 0.175 e. The van der Waals surface area contributed by atoms with E-state index in [0.717, 1.165) is 47.2 Å². The van der Waals surface area contributed by atoms with Crippen molar-refractivity contribution in [3.05, 3.63) is 35.5 Å². The van der Waals surface area contributed by atoms with Gasteiger partial charge in [0.25, 0.3) is 0 Å². The van der Waals surface area contributed by atoms with E-state index in [1.807, 2.05) is 24.3 Å². The molecule has 2 fully saturated rings. The number of benzene rings is 1. The van der Waals surface area contributed by atoms with Gasteiger partial charge in [-0.15, -0.1) is 11.3 Å². The highest BCUT2D eigenvalue weighted by molar-refractivity contribution is 7.19. The molecular formula is C25H32N2O3S. The third-order valence-corrected chi connectivity index (χ3v) is 8.71. The van der Waals surface area contributed by atoms with Crippen molar-refractivity contribution in [3.8, 4) is 0 Å². The van der Waals surface area contributed by atoms with Crippen molar-refractivity contribution in [1.82, 2.24) is 9.88 Å². The number of carbonyl (C=O) groups excluding carboxylic acids is 1. The van der Waals surface area contributed by atoms with Crippen LogP contribution in [0.5, 0.6) is 0 Å². The summed E-state index contributed by atoms with van der Waals surface area (Å²) in [7, 11) is 0. The molecule has 0 radical (unpaired) electrons. The van der Waals surface area contributed by atoms with Crippen LogP contribution in [-0.2, 0) is 9.53 Å². The standard InChI is InChI=1S/C25H32N2O3S/c1-3-16-12-17-23(29)19(25-26-20-6-4-5-7-21(20)31-25)14-30-24(17)18(22(16)28)13-27-10-8-15(2)9-11-27/h4-7,14-18,22,24,28H,3,8-13H2,1-2H3. The minimum Gasteiger partial charge on any atom is -0.496 e. The number of piperidine rings is 1. The third-order valence-electron chi connectivity index (χ3n) is 7.64. The van der Waals surface area contributed by atoms with Crippen LogP contribution >= 0.6 is 11.3 Å². The SMILES string of the molecule is CCC1CC2C(=O)C(c3nc4ccccc4s3)=COC2C(CN2CCC(C)CC2)C1O. The Morgan fingerprint density at radius 3 is 2.77 bits per heavy atom. The Morgan fingerprint density at radius 2 is 2.03 bits per heavy atom. The lowest BCUT2D eigenvalue weighted by Gasteiger charge is -2.47. The number of Topliss-reactive ketones (excluding diaryl/α,β-unsaturated/α-hetero) is 1. The molecule has 5 rings (SSSR count). The van der Waals surface area contributed by atoms with Crippen LogP contribution in [0.25, 0.3) is 15.8 Å². The molecule has 0 bridgehead atoms. The molecule has 1 aliphatic carbocycles. The molecule has 1 saturated heterocycles. The van der Waals surface area contributed by atoms with Gasteiger partial charge >= 0.3 is 0 Å². The number of aliphatic hydroxyl groups is 1. The van der Waals surface area contributed by atoms with Gasteiger partial charge in [0, 0.05) is 12.5 Å². The Kier molecular flexibility index (Phi) is 5.88. The van der Waals surface area contributed by atoms with E-state index in [1.54, 1.807) is 17.6 Å². The van der Waals surface area contributed by atoms with Crippen LogP contribution in [0.4, 0.5) is 0 Å². The van der Waals surface area contributed by atoms with Gasteiger partial charge in [0.05, 0.1) is 34.1 Å². The number of para-hydroxylation sites is 1. The van der Waals surface area contributed by atoms with Crippen molar-refractivity contribution in [3.63, 3.8) is 0 Å². The maximum absolute atomic E-state index is 13.6. The van der Waals surface area contributed by atoms with Gasteiger partial charge < -0.3 is 14.7 Å². The third kappa shape index (κ3) is 3.94. The predicted octanol–water partition coefficient (Wildman–Crippen LogP) is 4.36. The van der Waals surface area contributed by atoms with Crippen molar-refractivity contribution in [2.24, 2.45) is 23.7 Å². The summed E-state index contributed by atoms with van der Waals surface area (Å²) < 4.78 is 7.33. The van der Waals surface area contributed by atoms with Crippen molar-refractivity contribution in [1.29, 1.82) is 0 Å². The van der Waals surface area contributed by atoms with E-state index in [-0.39, 0.29) is 29.6 Å². The monoisotopic (exact) mass is 440 g/mol. The summed E-state index contributed by atoms with van der Waals surface area (Å²) in [5.41, 5.74) is 1.51. The van der Waals surface area contributed by atoms with Crippen LogP contribution in [0.15, 0.2) is 30.5 Å². The summed E-state index contributed by atoms with van der Waals surface area (Å²) in [6.45, 7) is 7.38. The molecule has 1 saturated carbocycles. The Balaban J connectivity index is 1.41. The van der Waals surface area contributed by atoms with Crippen LogP contribution < -0.4 is 0 Å². The van der Waals surface area contributed by atoms with E-state index in [9.17, 15) is 9.90 Å². The van der Waals surface area contributed by atoms with Crippen LogP contribution in [-0.4, -0.2) is 52.6 Å². The summed E-state index contributed by atoms with van der Waals surface area (Å²) in [5, 5.41) is 11.9. The Morgan fingerprint density at radius 1 is 1.26 bits per heavy atom. The Labute approximate surface area is 188 Å². The first-order chi connectivity index (χ1) is 15.0. The molecule has 5 unspecified atom stereocenters. The second-order valence-corrected chi connectivity index (χ2v) is 10.7. The lowest BCUT2D eigenvalue weighted by atomic mass is 9.67. The number of ketones is 1. The van der Waals surface area contributed by atoms with Gasteiger partial charge in [0.2, 0.25) is 0 Å². The number of hydrogen-bond donors (Lipinski definition) is 1. The zero-order valence-electron chi connectivity index (χ0n) is 18.4. The fraction of sp³-hybridized carbons (Fsp3) is 0.600. The van der Waals surface area contributed by atoms with E-state index in [0.29, 0.717) is 12.0 Å². The topological polar surface area (TPSA) is 62.7 Å². The first-order valence-corrected chi connectivity index (χ1v) is 12.5. The van der Waals surface area contributed by atoms with E-state index >= 15 is 0 Å². The molecular weight excluding hydrogens is 408 g/mol. The summed E-state index contributed by atoms with van der Waals surface area (Å²) in [6.07, 6.45) is 4.94. The molecule has 1 N–H and O–H groups in total. The molecule has 6 heteroatoms. The highest BCUT2D eigenvalue weighted by Crippen LogP contribution is 2.44. The lowest BCUT2D eigenvalue weighted by molar-refractivity contribution is -0.141. The minimum atomic E-state index is -0.421. The Bertz CT molecular complexity index is 945. The molecule has 3 aliphatic rings. The largest absolute Gasteiger partial charge is 0.496 e. The highest BCUT2D eigenvalue weighted by Gasteiger charge is 2.50. The number of nitrogens with zero attached hydrogens (tertiary/aromatic N) is 2. The van der Waals surface area contributed by atoms with E-state index in [1.165, 1.54) is 12.8 Å². The summed E-state index contributed by atoms with van der Waals surface area (Å²) in [4.78, 5) is 20.8. The first-order valence-electron chi connectivity index (χ1n) is 11.7. The van der Waals surface area contributed by atoms with E-state index < -0.39 is 6.10 Å². The van der Waals surface area contributed by atoms with Gasteiger partial charge in [-0.3, -0.25) is 4.79 Å². The van der Waals surface area contributed by atoms with Gasteiger partial charge in [-0.2, -0.15) is 0 Å². The van der Waals surface area contributed by atoms with Crippen LogP contribution in [0.1, 0.15) is 44.5 Å². The summed E-state index contributed by atoms with van der Waals surface area (Å²) in [5.74, 6) is 0.814. The quantitative estimate of drug-likeness (QED) is 0.765. The number of fused-ring (bicyclic) bond motifs is 2. The highest BCUT2D eigenvalue weighted by atomic mass is 32.1. The molecule has 166 valence electrons. The van der Waals surface area contributed by atoms with Crippen molar-refractivity contribution >= 4 is 32.9 Å². The van der Waals surface area contributed by atoms with E-state index in [2.05, 4.69) is 18.7 Å². The minimum absolute atomic E-state index is 0.0331.